The summed E-state index contributed by atoms with van der Waals surface area (Å²) in [5.74, 6) is -0.216. The van der Waals surface area contributed by atoms with Crippen LogP contribution in [0.2, 0.25) is 0 Å². The molecular formula is C17H18N2O3S. The Morgan fingerprint density at radius 2 is 1.70 bits per heavy atom. The van der Waals surface area contributed by atoms with E-state index < -0.39 is 10.0 Å². The Bertz CT molecular complexity index is 782. The van der Waals surface area contributed by atoms with Gasteiger partial charge in [0.25, 0.3) is 0 Å². The highest BCUT2D eigenvalue weighted by Crippen LogP contribution is 2.12. The van der Waals surface area contributed by atoms with Crippen molar-refractivity contribution in [2.24, 2.45) is 0 Å². The van der Waals surface area contributed by atoms with Crippen molar-refractivity contribution in [2.45, 2.75) is 11.4 Å². The number of hydrogen-bond donors (Lipinski definition) is 2. The lowest BCUT2D eigenvalue weighted by Gasteiger charge is -2.07. The standard InChI is InChI=1S/C17H18N2O3S/c1-18-17(20)12-9-14-7-10-16(11-8-14)23(21,22)19-13-15-5-3-2-4-6-15/h2-12,19H,13H2,1H3,(H,18,20)/b12-9+. The van der Waals surface area contributed by atoms with E-state index in [1.807, 2.05) is 30.3 Å². The maximum Gasteiger partial charge on any atom is 0.243 e. The molecule has 0 saturated carbocycles. The molecule has 5 nitrogen and oxygen atoms in total. The average Bonchev–Trinajstić information content (AvgIpc) is 2.59. The van der Waals surface area contributed by atoms with Crippen LogP contribution in [0.15, 0.2) is 65.6 Å². The molecule has 0 heterocycles. The van der Waals surface area contributed by atoms with Crippen LogP contribution in [0.5, 0.6) is 0 Å². The van der Waals surface area contributed by atoms with Crippen molar-refractivity contribution < 1.29 is 13.2 Å². The van der Waals surface area contributed by atoms with Crippen molar-refractivity contribution in [3.63, 3.8) is 0 Å². The van der Waals surface area contributed by atoms with E-state index in [2.05, 4.69) is 10.0 Å². The molecule has 0 atom stereocenters. The van der Waals surface area contributed by atoms with Gasteiger partial charge in [0.05, 0.1) is 4.90 Å². The van der Waals surface area contributed by atoms with Gasteiger partial charge < -0.3 is 5.32 Å². The third kappa shape index (κ3) is 5.05. The van der Waals surface area contributed by atoms with Gasteiger partial charge in [-0.2, -0.15) is 0 Å². The molecule has 0 spiro atoms. The third-order valence-corrected chi connectivity index (χ3v) is 4.59. The van der Waals surface area contributed by atoms with E-state index in [1.165, 1.54) is 18.2 Å². The Morgan fingerprint density at radius 3 is 2.30 bits per heavy atom. The predicted octanol–water partition coefficient (Wildman–Crippen LogP) is 1.92. The Balaban J connectivity index is 2.05. The van der Waals surface area contributed by atoms with Crippen molar-refractivity contribution in [3.8, 4) is 0 Å². The first-order valence-corrected chi connectivity index (χ1v) is 8.53. The van der Waals surface area contributed by atoms with Crippen LogP contribution in [0.4, 0.5) is 0 Å². The molecule has 0 unspecified atom stereocenters. The van der Waals surface area contributed by atoms with Crippen LogP contribution in [-0.2, 0) is 21.4 Å². The minimum Gasteiger partial charge on any atom is -0.356 e. The third-order valence-electron chi connectivity index (χ3n) is 3.17. The van der Waals surface area contributed by atoms with Gasteiger partial charge in [-0.15, -0.1) is 0 Å². The van der Waals surface area contributed by atoms with Crippen LogP contribution in [0.25, 0.3) is 6.08 Å². The molecule has 6 heteroatoms. The fourth-order valence-electron chi connectivity index (χ4n) is 1.87. The van der Waals surface area contributed by atoms with E-state index in [-0.39, 0.29) is 17.3 Å². The van der Waals surface area contributed by atoms with E-state index in [1.54, 1.807) is 25.3 Å². The summed E-state index contributed by atoms with van der Waals surface area (Å²) in [7, 11) is -2.02. The average molecular weight is 330 g/mol. The zero-order valence-electron chi connectivity index (χ0n) is 12.7. The van der Waals surface area contributed by atoms with Crippen molar-refractivity contribution in [3.05, 3.63) is 71.8 Å². The van der Waals surface area contributed by atoms with Crippen LogP contribution in [0.1, 0.15) is 11.1 Å². The van der Waals surface area contributed by atoms with Crippen molar-refractivity contribution >= 4 is 22.0 Å². The first-order chi connectivity index (χ1) is 11.0. The maximum atomic E-state index is 12.2. The molecule has 0 fully saturated rings. The Hall–Kier alpha value is -2.44. The van der Waals surface area contributed by atoms with Gasteiger partial charge in [0.1, 0.15) is 0 Å². The van der Waals surface area contributed by atoms with Gasteiger partial charge in [0.15, 0.2) is 0 Å². The highest BCUT2D eigenvalue weighted by molar-refractivity contribution is 7.89. The molecule has 0 radical (unpaired) electrons. The SMILES string of the molecule is CNC(=O)/C=C/c1ccc(S(=O)(=O)NCc2ccccc2)cc1. The van der Waals surface area contributed by atoms with E-state index in [4.69, 9.17) is 0 Å². The monoisotopic (exact) mass is 330 g/mol. The lowest BCUT2D eigenvalue weighted by atomic mass is 10.2. The topological polar surface area (TPSA) is 75.3 Å². The van der Waals surface area contributed by atoms with E-state index in [0.29, 0.717) is 0 Å². The second-order valence-electron chi connectivity index (χ2n) is 4.83. The smallest absolute Gasteiger partial charge is 0.243 e. The molecule has 2 aromatic rings. The van der Waals surface area contributed by atoms with Crippen LogP contribution < -0.4 is 10.0 Å². The normalized spacial score (nSPS) is 11.5. The first kappa shape index (κ1) is 16.9. The number of nitrogens with one attached hydrogen (secondary N) is 2. The highest BCUT2D eigenvalue weighted by Gasteiger charge is 2.13. The molecule has 23 heavy (non-hydrogen) atoms. The summed E-state index contributed by atoms with van der Waals surface area (Å²) in [6.45, 7) is 0.238. The van der Waals surface area contributed by atoms with Crippen molar-refractivity contribution in [1.29, 1.82) is 0 Å². The van der Waals surface area contributed by atoms with E-state index >= 15 is 0 Å². The minimum atomic E-state index is -3.56. The fraction of sp³-hybridized carbons (Fsp3) is 0.118. The lowest BCUT2D eigenvalue weighted by molar-refractivity contribution is -0.115. The molecule has 0 bridgehead atoms. The van der Waals surface area contributed by atoms with E-state index in [9.17, 15) is 13.2 Å². The number of likely N-dealkylation sites (N-methyl/N-ethyl adjacent to an activating group) is 1. The first-order valence-electron chi connectivity index (χ1n) is 7.05. The summed E-state index contributed by atoms with van der Waals surface area (Å²) in [5, 5.41) is 2.47. The Morgan fingerprint density at radius 1 is 1.04 bits per heavy atom. The summed E-state index contributed by atoms with van der Waals surface area (Å²) in [6, 6.07) is 15.6. The van der Waals surface area contributed by atoms with Crippen LogP contribution in [0, 0.1) is 0 Å². The van der Waals surface area contributed by atoms with Gasteiger partial charge in [0, 0.05) is 19.7 Å². The molecule has 0 saturated heterocycles. The van der Waals surface area contributed by atoms with Crippen LogP contribution in [-0.4, -0.2) is 21.4 Å². The zero-order chi connectivity index (χ0) is 16.7. The van der Waals surface area contributed by atoms with Gasteiger partial charge in [-0.25, -0.2) is 13.1 Å². The molecule has 2 N–H and O–H groups in total. The lowest BCUT2D eigenvalue weighted by Crippen LogP contribution is -2.23. The summed E-state index contributed by atoms with van der Waals surface area (Å²) in [6.07, 6.45) is 3.00. The van der Waals surface area contributed by atoms with E-state index in [0.717, 1.165) is 11.1 Å². The number of benzene rings is 2. The van der Waals surface area contributed by atoms with Crippen LogP contribution in [0.3, 0.4) is 0 Å². The van der Waals surface area contributed by atoms with Gasteiger partial charge >= 0.3 is 0 Å². The zero-order valence-corrected chi connectivity index (χ0v) is 13.5. The van der Waals surface area contributed by atoms with Crippen molar-refractivity contribution in [1.82, 2.24) is 10.0 Å². The summed E-state index contributed by atoms with van der Waals surface area (Å²) in [4.78, 5) is 11.3. The quantitative estimate of drug-likeness (QED) is 0.795. The number of amides is 1. The van der Waals surface area contributed by atoms with Crippen molar-refractivity contribution in [2.75, 3.05) is 7.05 Å². The molecule has 0 aliphatic rings. The Kier molecular flexibility index (Phi) is 5.67. The summed E-state index contributed by atoms with van der Waals surface area (Å²) < 4.78 is 27.0. The molecule has 2 aromatic carbocycles. The number of sulfonamides is 1. The number of rotatable bonds is 6. The summed E-state index contributed by atoms with van der Waals surface area (Å²) >= 11 is 0. The predicted molar refractivity (Wildman–Crippen MR) is 90.0 cm³/mol. The number of hydrogen-bond acceptors (Lipinski definition) is 3. The number of carbonyl (C=O) groups is 1. The fourth-order valence-corrected chi connectivity index (χ4v) is 2.89. The number of carbonyl (C=O) groups excluding carboxylic acids is 1. The molecular weight excluding hydrogens is 312 g/mol. The molecule has 2 rings (SSSR count). The second kappa shape index (κ2) is 7.71. The molecule has 0 aliphatic carbocycles. The maximum absolute atomic E-state index is 12.2. The molecule has 0 aromatic heterocycles. The van der Waals surface area contributed by atoms with Gasteiger partial charge in [-0.1, -0.05) is 42.5 Å². The molecule has 1 amide bonds. The molecule has 0 aliphatic heterocycles. The molecule has 120 valence electrons. The van der Waals surface area contributed by atoms with Gasteiger partial charge in [-0.05, 0) is 29.3 Å². The van der Waals surface area contributed by atoms with Gasteiger partial charge in [0.2, 0.25) is 15.9 Å². The van der Waals surface area contributed by atoms with Crippen LogP contribution >= 0.6 is 0 Å². The highest BCUT2D eigenvalue weighted by atomic mass is 32.2. The minimum absolute atomic E-state index is 0.186. The van der Waals surface area contributed by atoms with Gasteiger partial charge in [-0.3, -0.25) is 4.79 Å². The summed E-state index contributed by atoms with van der Waals surface area (Å²) in [5.41, 5.74) is 1.64. The Labute approximate surface area is 136 Å². The second-order valence-corrected chi connectivity index (χ2v) is 6.59. The largest absolute Gasteiger partial charge is 0.356 e.